The second-order valence-corrected chi connectivity index (χ2v) is 4.87. The van der Waals surface area contributed by atoms with Gasteiger partial charge >= 0.3 is 0 Å². The Hall–Kier alpha value is -1.94. The van der Waals surface area contributed by atoms with Gasteiger partial charge in [-0.15, -0.1) is 11.3 Å². The Kier molecular flexibility index (Phi) is 3.89. The zero-order chi connectivity index (χ0) is 13.0. The number of hydrogen-bond donors (Lipinski definition) is 0. The number of hydrogen-bond acceptors (Lipinski definition) is 4. The van der Waals surface area contributed by atoms with Crippen LogP contribution in [0.3, 0.4) is 0 Å². The lowest BCUT2D eigenvalue weighted by molar-refractivity contribution is -0.104. The molecular weight excluding hydrogens is 246 g/mol. The van der Waals surface area contributed by atoms with E-state index in [9.17, 15) is 9.59 Å². The number of nitrogens with zero attached hydrogens (tertiary/aromatic N) is 1. The number of thiophene rings is 1. The zero-order valence-corrected chi connectivity index (χ0v) is 10.8. The maximum absolute atomic E-state index is 11.5. The number of anilines is 1. The number of Topliss-reactive ketones (excluding diaryl/α,β-unsaturated/α-hetero) is 1. The molecule has 1 heterocycles. The average Bonchev–Trinajstić information content (AvgIpc) is 2.88. The van der Waals surface area contributed by atoms with E-state index in [0.717, 1.165) is 11.3 Å². The summed E-state index contributed by atoms with van der Waals surface area (Å²) < 4.78 is 0. The molecular formula is C14H13NO2S. The van der Waals surface area contributed by atoms with Crippen molar-refractivity contribution in [2.24, 2.45) is 0 Å². The molecule has 2 aromatic rings. The fourth-order valence-electron chi connectivity index (χ4n) is 1.78. The van der Waals surface area contributed by atoms with E-state index in [1.54, 1.807) is 0 Å². The van der Waals surface area contributed by atoms with Crippen LogP contribution < -0.4 is 4.90 Å². The highest BCUT2D eigenvalue weighted by molar-refractivity contribution is 7.13. The molecule has 0 amide bonds. The maximum Gasteiger partial charge on any atom is 0.237 e. The Morgan fingerprint density at radius 1 is 1.28 bits per heavy atom. The Balaban J connectivity index is 2.19. The van der Waals surface area contributed by atoms with E-state index in [1.165, 1.54) is 11.3 Å². The van der Waals surface area contributed by atoms with Gasteiger partial charge in [-0.3, -0.25) is 9.59 Å². The van der Waals surface area contributed by atoms with E-state index >= 15 is 0 Å². The smallest absolute Gasteiger partial charge is 0.237 e. The van der Waals surface area contributed by atoms with Crippen molar-refractivity contribution in [3.05, 3.63) is 52.2 Å². The molecule has 0 radical (unpaired) electrons. The Bertz CT molecular complexity index is 548. The van der Waals surface area contributed by atoms with Crippen LogP contribution in [0, 0.1) is 0 Å². The summed E-state index contributed by atoms with van der Waals surface area (Å²) in [7, 11) is 1.91. The Morgan fingerprint density at radius 2 is 2.00 bits per heavy atom. The van der Waals surface area contributed by atoms with Gasteiger partial charge in [-0.1, -0.05) is 30.3 Å². The van der Waals surface area contributed by atoms with Crippen LogP contribution in [0.4, 0.5) is 5.69 Å². The number of carbonyl (C=O) groups excluding carboxylic acids is 2. The predicted octanol–water partition coefficient (Wildman–Crippen LogP) is 2.77. The van der Waals surface area contributed by atoms with Gasteiger partial charge in [-0.25, -0.2) is 0 Å². The van der Waals surface area contributed by atoms with Gasteiger partial charge in [0.05, 0.1) is 5.69 Å². The summed E-state index contributed by atoms with van der Waals surface area (Å²) in [5, 5.41) is 1.83. The van der Waals surface area contributed by atoms with Crippen LogP contribution in [-0.2, 0) is 11.3 Å². The van der Waals surface area contributed by atoms with Crippen LogP contribution in [-0.4, -0.2) is 19.1 Å². The van der Waals surface area contributed by atoms with Crippen molar-refractivity contribution in [3.63, 3.8) is 0 Å². The van der Waals surface area contributed by atoms with Crippen LogP contribution in [0.25, 0.3) is 0 Å². The number of benzene rings is 1. The minimum atomic E-state index is -0.458. The summed E-state index contributed by atoms with van der Waals surface area (Å²) in [5.74, 6) is -0.458. The summed E-state index contributed by atoms with van der Waals surface area (Å²) in [6, 6.07) is 11.9. The maximum atomic E-state index is 11.5. The van der Waals surface area contributed by atoms with Crippen molar-refractivity contribution in [1.29, 1.82) is 0 Å². The third-order valence-corrected chi connectivity index (χ3v) is 3.57. The summed E-state index contributed by atoms with van der Waals surface area (Å²) >= 11 is 1.30. The first-order chi connectivity index (χ1) is 8.72. The topological polar surface area (TPSA) is 37.4 Å². The first-order valence-electron chi connectivity index (χ1n) is 5.54. The van der Waals surface area contributed by atoms with Crippen LogP contribution >= 0.6 is 11.3 Å². The minimum absolute atomic E-state index is 0.367. The second kappa shape index (κ2) is 5.60. The number of carbonyl (C=O) groups is 2. The molecule has 1 aromatic heterocycles. The van der Waals surface area contributed by atoms with E-state index in [2.05, 4.69) is 0 Å². The van der Waals surface area contributed by atoms with E-state index in [0.29, 0.717) is 17.7 Å². The highest BCUT2D eigenvalue weighted by Crippen LogP contribution is 2.26. The van der Waals surface area contributed by atoms with E-state index in [1.807, 2.05) is 53.7 Å². The first-order valence-corrected chi connectivity index (χ1v) is 6.42. The molecule has 4 heteroatoms. The number of rotatable bonds is 5. The molecule has 0 aliphatic carbocycles. The van der Waals surface area contributed by atoms with Crippen molar-refractivity contribution >= 4 is 29.1 Å². The third kappa shape index (κ3) is 2.65. The molecule has 0 fully saturated rings. The summed E-state index contributed by atoms with van der Waals surface area (Å²) in [4.78, 5) is 24.5. The van der Waals surface area contributed by atoms with Gasteiger partial charge in [0.25, 0.3) is 0 Å². The molecule has 1 aromatic carbocycles. The third-order valence-electron chi connectivity index (χ3n) is 2.65. The standard InChI is InChI=1S/C14H13NO2S/c1-15(9-11-5-3-2-4-6-11)12-7-8-18-14(12)13(17)10-16/h2-8,10H,9H2,1H3. The zero-order valence-electron chi connectivity index (χ0n) is 10.00. The van der Waals surface area contributed by atoms with Gasteiger partial charge in [-0.05, 0) is 17.0 Å². The van der Waals surface area contributed by atoms with Gasteiger partial charge in [0.2, 0.25) is 5.78 Å². The Labute approximate surface area is 110 Å². The molecule has 0 spiro atoms. The summed E-state index contributed by atoms with van der Waals surface area (Å²) in [6.07, 6.45) is 0.367. The molecule has 18 heavy (non-hydrogen) atoms. The average molecular weight is 259 g/mol. The fourth-order valence-corrected chi connectivity index (χ4v) is 2.63. The summed E-state index contributed by atoms with van der Waals surface area (Å²) in [5.41, 5.74) is 1.97. The molecule has 0 unspecified atom stereocenters. The number of aldehydes is 1. The highest BCUT2D eigenvalue weighted by Gasteiger charge is 2.15. The van der Waals surface area contributed by atoms with Gasteiger partial charge in [0, 0.05) is 13.6 Å². The van der Waals surface area contributed by atoms with Crippen molar-refractivity contribution in [2.45, 2.75) is 6.54 Å². The van der Waals surface area contributed by atoms with Crippen molar-refractivity contribution in [1.82, 2.24) is 0 Å². The molecule has 0 N–H and O–H groups in total. The van der Waals surface area contributed by atoms with Gasteiger partial charge < -0.3 is 4.90 Å². The van der Waals surface area contributed by atoms with Gasteiger partial charge in [-0.2, -0.15) is 0 Å². The minimum Gasteiger partial charge on any atom is -0.369 e. The quantitative estimate of drug-likeness (QED) is 0.471. The molecule has 0 bridgehead atoms. The SMILES string of the molecule is CN(Cc1ccccc1)c1ccsc1C(=O)C=O. The van der Waals surface area contributed by atoms with Crippen LogP contribution in [0.2, 0.25) is 0 Å². The van der Waals surface area contributed by atoms with Gasteiger partial charge in [0.1, 0.15) is 4.88 Å². The van der Waals surface area contributed by atoms with Gasteiger partial charge in [0.15, 0.2) is 6.29 Å². The highest BCUT2D eigenvalue weighted by atomic mass is 32.1. The van der Waals surface area contributed by atoms with Crippen molar-refractivity contribution in [2.75, 3.05) is 11.9 Å². The molecule has 0 saturated carbocycles. The lowest BCUT2D eigenvalue weighted by Gasteiger charge is -2.19. The van der Waals surface area contributed by atoms with Crippen LogP contribution in [0.15, 0.2) is 41.8 Å². The second-order valence-electron chi connectivity index (χ2n) is 3.96. The molecule has 0 saturated heterocycles. The van der Waals surface area contributed by atoms with E-state index in [-0.39, 0.29) is 0 Å². The fraction of sp³-hybridized carbons (Fsp3) is 0.143. The van der Waals surface area contributed by atoms with Crippen molar-refractivity contribution < 1.29 is 9.59 Å². The molecule has 0 atom stereocenters. The molecule has 3 nitrogen and oxygen atoms in total. The predicted molar refractivity (Wildman–Crippen MR) is 73.3 cm³/mol. The molecule has 0 aliphatic heterocycles. The lowest BCUT2D eigenvalue weighted by Crippen LogP contribution is -2.18. The lowest BCUT2D eigenvalue weighted by atomic mass is 10.2. The molecule has 0 aliphatic rings. The summed E-state index contributed by atoms with van der Waals surface area (Å²) in [6.45, 7) is 0.705. The first kappa shape index (κ1) is 12.5. The number of ketones is 1. The molecule has 92 valence electrons. The van der Waals surface area contributed by atoms with Crippen LogP contribution in [0.1, 0.15) is 15.2 Å². The molecule has 2 rings (SSSR count). The van der Waals surface area contributed by atoms with E-state index < -0.39 is 5.78 Å². The monoisotopic (exact) mass is 259 g/mol. The van der Waals surface area contributed by atoms with Crippen molar-refractivity contribution in [3.8, 4) is 0 Å². The largest absolute Gasteiger partial charge is 0.369 e. The normalized spacial score (nSPS) is 10.1. The van der Waals surface area contributed by atoms with E-state index in [4.69, 9.17) is 0 Å². The Morgan fingerprint density at radius 3 is 2.67 bits per heavy atom. The van der Waals surface area contributed by atoms with Crippen LogP contribution in [0.5, 0.6) is 0 Å².